The van der Waals surface area contributed by atoms with Crippen LogP contribution in [0.3, 0.4) is 0 Å². The predicted octanol–water partition coefficient (Wildman–Crippen LogP) is 5.21. The Labute approximate surface area is 339 Å². The maximum absolute atomic E-state index is 15.1. The number of halogens is 2. The van der Waals surface area contributed by atoms with Crippen molar-refractivity contribution in [3.8, 4) is 11.3 Å². The molecule has 3 aromatic heterocycles. The number of fused-ring (bicyclic) bond motifs is 2. The Morgan fingerprint density at radius 1 is 0.898 bits per heavy atom. The number of nitrogens with one attached hydrogen (secondary N) is 3. The highest BCUT2D eigenvalue weighted by molar-refractivity contribution is 6.25. The van der Waals surface area contributed by atoms with Crippen molar-refractivity contribution < 1.29 is 28.0 Å². The molecule has 17 heteroatoms. The van der Waals surface area contributed by atoms with E-state index < -0.39 is 41.3 Å². The molecule has 3 aliphatic heterocycles. The van der Waals surface area contributed by atoms with Crippen LogP contribution >= 0.6 is 0 Å². The molecule has 0 radical (unpaired) electrons. The molecule has 0 spiro atoms. The number of aromatic nitrogens is 5. The van der Waals surface area contributed by atoms with E-state index >= 15 is 8.78 Å². The highest BCUT2D eigenvalue weighted by Gasteiger charge is 2.45. The number of rotatable bonds is 13. The first kappa shape index (κ1) is 39.6. The number of unbranched alkanes of at least 4 members (excludes halogenated alkanes) is 1. The molecule has 2 aromatic carbocycles. The lowest BCUT2D eigenvalue weighted by Gasteiger charge is -2.34. The van der Waals surface area contributed by atoms with Gasteiger partial charge in [-0.05, 0) is 82.5 Å². The van der Waals surface area contributed by atoms with E-state index in [2.05, 4.69) is 45.7 Å². The minimum Gasteiger partial charge on any atom is -0.384 e. The number of imidazole rings is 1. The molecule has 15 nitrogen and oxygen atoms in total. The van der Waals surface area contributed by atoms with Gasteiger partial charge in [0.15, 0.2) is 11.6 Å². The molecule has 0 saturated carbocycles. The SMILES string of the molecule is Cc1nc2c(F)cc(-c3nc(Nc4ccc(CN5CCN(CCCCNc6cccc7c6C(=O)N(C6CCC(=O)NC6=O)C7=O)CC5)cn4)ncc3F)cc2n1C(C)C. The fraction of sp³-hybridized carbons (Fsp3) is 0.381. The summed E-state index contributed by atoms with van der Waals surface area (Å²) in [5.41, 5.74) is 3.20. The average Bonchev–Trinajstić information content (AvgIpc) is 3.69. The van der Waals surface area contributed by atoms with Crippen molar-refractivity contribution >= 4 is 52.1 Å². The van der Waals surface area contributed by atoms with E-state index in [0.717, 1.165) is 68.8 Å². The van der Waals surface area contributed by atoms with Gasteiger partial charge in [0, 0.05) is 69.2 Å². The van der Waals surface area contributed by atoms with Crippen LogP contribution in [0.15, 0.2) is 54.9 Å². The van der Waals surface area contributed by atoms with Gasteiger partial charge in [-0.3, -0.25) is 34.3 Å². The van der Waals surface area contributed by atoms with Gasteiger partial charge in [0.2, 0.25) is 17.8 Å². The van der Waals surface area contributed by atoms with Gasteiger partial charge in [0.25, 0.3) is 11.8 Å². The molecule has 3 N–H and O–H groups in total. The fourth-order valence-electron chi connectivity index (χ4n) is 8.17. The van der Waals surface area contributed by atoms with Crippen molar-refractivity contribution in [2.75, 3.05) is 49.9 Å². The van der Waals surface area contributed by atoms with E-state index in [-0.39, 0.29) is 52.7 Å². The summed E-state index contributed by atoms with van der Waals surface area (Å²) in [4.78, 5) is 73.7. The molecule has 0 bridgehead atoms. The van der Waals surface area contributed by atoms with Crippen LogP contribution in [-0.4, -0.2) is 108 Å². The van der Waals surface area contributed by atoms with Crippen LogP contribution in [0.5, 0.6) is 0 Å². The van der Waals surface area contributed by atoms with Crippen LogP contribution in [0.2, 0.25) is 0 Å². The van der Waals surface area contributed by atoms with Crippen molar-refractivity contribution in [3.63, 3.8) is 0 Å². The lowest BCUT2D eigenvalue weighted by atomic mass is 10.0. The van der Waals surface area contributed by atoms with Gasteiger partial charge in [0.05, 0.1) is 22.8 Å². The third-order valence-electron chi connectivity index (χ3n) is 11.1. The molecule has 8 rings (SSSR count). The van der Waals surface area contributed by atoms with E-state index in [0.29, 0.717) is 29.4 Å². The number of pyridine rings is 1. The number of hydrogen-bond acceptors (Lipinski definition) is 12. The second kappa shape index (κ2) is 16.6. The lowest BCUT2D eigenvalue weighted by molar-refractivity contribution is -0.136. The van der Waals surface area contributed by atoms with Crippen molar-refractivity contribution in [3.05, 3.63) is 89.0 Å². The number of carbonyl (C=O) groups is 4. The fourth-order valence-corrected chi connectivity index (χ4v) is 8.17. The Balaban J connectivity index is 0.787. The maximum atomic E-state index is 15.1. The van der Waals surface area contributed by atoms with Gasteiger partial charge in [0.1, 0.15) is 28.9 Å². The zero-order chi connectivity index (χ0) is 41.4. The number of aryl methyl sites for hydroxylation is 1. The van der Waals surface area contributed by atoms with Crippen LogP contribution in [0.1, 0.15) is 77.7 Å². The molecule has 2 fully saturated rings. The monoisotopic (exact) mass is 805 g/mol. The molecule has 1 atom stereocenters. The van der Waals surface area contributed by atoms with Gasteiger partial charge in [-0.15, -0.1) is 0 Å². The number of benzene rings is 2. The summed E-state index contributed by atoms with van der Waals surface area (Å²) in [6.07, 6.45) is 4.86. The number of piperazine rings is 1. The van der Waals surface area contributed by atoms with Crippen molar-refractivity contribution in [1.29, 1.82) is 0 Å². The van der Waals surface area contributed by atoms with Crippen molar-refractivity contribution in [2.45, 2.75) is 65.1 Å². The predicted molar refractivity (Wildman–Crippen MR) is 216 cm³/mol. The standard InChI is InChI=1S/C42H45F2N11O4/c1-24(2)54-25(3)48-38-29(43)19-27(20-33(38)54)37-30(44)22-47-42(51-37)49-34-11-9-26(21-46-34)23-53-17-15-52(16-18-53)14-5-4-13-45-31-8-6-7-28-36(31)41(59)55(40(28)58)32-10-12-35(56)50-39(32)57/h6-9,11,19-22,24,32,45H,4-5,10,12-18,23H2,1-3H3,(H,50,56,57)(H,46,47,49,51). The number of nitrogens with zero attached hydrogens (tertiary/aromatic N) is 8. The zero-order valence-electron chi connectivity index (χ0n) is 33.1. The van der Waals surface area contributed by atoms with E-state index in [1.165, 1.54) is 6.07 Å². The molecule has 59 heavy (non-hydrogen) atoms. The average molecular weight is 806 g/mol. The minimum atomic E-state index is -0.998. The van der Waals surface area contributed by atoms with Gasteiger partial charge in [-0.1, -0.05) is 12.1 Å². The topological polar surface area (TPSA) is 171 Å². The maximum Gasteiger partial charge on any atom is 0.264 e. The molecule has 4 amide bonds. The van der Waals surface area contributed by atoms with Crippen LogP contribution in [-0.2, 0) is 16.1 Å². The van der Waals surface area contributed by atoms with E-state index in [1.54, 1.807) is 30.5 Å². The molecule has 2 saturated heterocycles. The van der Waals surface area contributed by atoms with Gasteiger partial charge in [-0.2, -0.15) is 0 Å². The molecular formula is C42H45F2N11O4. The number of piperidine rings is 1. The zero-order valence-corrected chi connectivity index (χ0v) is 33.1. The summed E-state index contributed by atoms with van der Waals surface area (Å²) in [6.45, 7) is 11.7. The normalized spacial score (nSPS) is 17.6. The van der Waals surface area contributed by atoms with Crippen molar-refractivity contribution in [2.24, 2.45) is 0 Å². The molecule has 306 valence electrons. The van der Waals surface area contributed by atoms with Crippen molar-refractivity contribution in [1.82, 2.24) is 44.5 Å². The largest absolute Gasteiger partial charge is 0.384 e. The Morgan fingerprint density at radius 2 is 1.69 bits per heavy atom. The summed E-state index contributed by atoms with van der Waals surface area (Å²) in [5.74, 6) is -1.99. The highest BCUT2D eigenvalue weighted by atomic mass is 19.1. The Kier molecular flexibility index (Phi) is 11.1. The summed E-state index contributed by atoms with van der Waals surface area (Å²) in [5, 5.41) is 8.59. The first-order valence-electron chi connectivity index (χ1n) is 19.9. The molecule has 5 aromatic rings. The van der Waals surface area contributed by atoms with E-state index in [4.69, 9.17) is 0 Å². The van der Waals surface area contributed by atoms with E-state index in [1.807, 2.05) is 37.5 Å². The van der Waals surface area contributed by atoms with Crippen LogP contribution in [0.25, 0.3) is 22.3 Å². The van der Waals surface area contributed by atoms with Gasteiger partial charge >= 0.3 is 0 Å². The highest BCUT2D eigenvalue weighted by Crippen LogP contribution is 2.33. The molecule has 0 aliphatic carbocycles. The first-order valence-corrected chi connectivity index (χ1v) is 19.9. The second-order valence-corrected chi connectivity index (χ2v) is 15.4. The number of amides is 4. The molecule has 1 unspecified atom stereocenters. The minimum absolute atomic E-state index is 0.0296. The van der Waals surface area contributed by atoms with Gasteiger partial charge < -0.3 is 20.1 Å². The number of hydrogen-bond donors (Lipinski definition) is 3. The summed E-state index contributed by atoms with van der Waals surface area (Å²) in [7, 11) is 0. The Bertz CT molecular complexity index is 2450. The Morgan fingerprint density at radius 3 is 2.44 bits per heavy atom. The molecule has 6 heterocycles. The summed E-state index contributed by atoms with van der Waals surface area (Å²) >= 11 is 0. The third kappa shape index (κ3) is 8.12. The number of imide groups is 2. The molecular weight excluding hydrogens is 761 g/mol. The van der Waals surface area contributed by atoms with E-state index in [9.17, 15) is 19.2 Å². The van der Waals surface area contributed by atoms with Gasteiger partial charge in [-0.25, -0.2) is 28.7 Å². The second-order valence-electron chi connectivity index (χ2n) is 15.4. The Hall–Kier alpha value is -6.20. The van der Waals surface area contributed by atoms with Crippen LogP contribution < -0.4 is 16.0 Å². The third-order valence-corrected chi connectivity index (χ3v) is 11.1. The summed E-state index contributed by atoms with van der Waals surface area (Å²) in [6, 6.07) is 10.9. The quantitative estimate of drug-likeness (QED) is 0.105. The molecule has 3 aliphatic rings. The first-order chi connectivity index (χ1) is 28.4. The van der Waals surface area contributed by atoms with Crippen LogP contribution in [0.4, 0.5) is 26.2 Å². The smallest absolute Gasteiger partial charge is 0.264 e. The summed E-state index contributed by atoms with van der Waals surface area (Å²) < 4.78 is 32.0. The number of carbonyl (C=O) groups excluding carboxylic acids is 4. The van der Waals surface area contributed by atoms with Crippen LogP contribution in [0, 0.1) is 18.6 Å². The lowest BCUT2D eigenvalue weighted by Crippen LogP contribution is -2.54. The number of anilines is 3.